The van der Waals surface area contributed by atoms with Crippen molar-refractivity contribution in [2.24, 2.45) is 0 Å². The first-order chi connectivity index (χ1) is 11.3. The van der Waals surface area contributed by atoms with E-state index in [1.807, 2.05) is 0 Å². The van der Waals surface area contributed by atoms with Crippen LogP contribution in [0.3, 0.4) is 0 Å². The number of rotatable bonds is 4. The minimum absolute atomic E-state index is 0.201. The van der Waals surface area contributed by atoms with Gasteiger partial charge in [0.25, 0.3) is 0 Å². The Morgan fingerprint density at radius 2 is 1.88 bits per heavy atom. The number of nitrogens with zero attached hydrogens (tertiary/aromatic N) is 2. The molecule has 1 aliphatic rings. The third kappa shape index (κ3) is 2.53. The fourth-order valence-electron chi connectivity index (χ4n) is 2.91. The highest BCUT2D eigenvalue weighted by Crippen LogP contribution is 2.37. The number of ether oxygens (including phenoxy) is 1. The molecule has 0 spiro atoms. The van der Waals surface area contributed by atoms with Crippen molar-refractivity contribution in [2.45, 2.75) is 24.4 Å². The molecule has 0 amide bonds. The molecule has 0 bridgehead atoms. The summed E-state index contributed by atoms with van der Waals surface area (Å²) in [5.41, 5.74) is 0.645. The molecule has 3 N–H and O–H groups in total. The second-order valence-corrected chi connectivity index (χ2v) is 7.93. The molecule has 1 saturated heterocycles. The largest absolute Gasteiger partial charge is 0.394 e. The predicted octanol–water partition coefficient (Wildman–Crippen LogP) is -0.550. The summed E-state index contributed by atoms with van der Waals surface area (Å²) < 4.78 is 33.2. The van der Waals surface area contributed by atoms with Crippen LogP contribution in [0, 0.1) is 0 Å². The number of fused-ring (bicyclic) bond motifs is 1. The number of hydrogen-bond acceptors (Lipinski definition) is 6. The second-order valence-electron chi connectivity index (χ2n) is 5.94. The SMILES string of the molecule is CN(C)S(=O)(=O)n1c([C@@H]2O[C@H](CO)[C@@H](O)[C@H]2O)cc2ccccc21. The van der Waals surface area contributed by atoms with Crippen LogP contribution in [-0.2, 0) is 14.9 Å². The van der Waals surface area contributed by atoms with Gasteiger partial charge in [0.1, 0.15) is 24.4 Å². The van der Waals surface area contributed by atoms with Crippen molar-refractivity contribution in [1.29, 1.82) is 0 Å². The topological polar surface area (TPSA) is 112 Å². The van der Waals surface area contributed by atoms with Crippen molar-refractivity contribution in [2.75, 3.05) is 20.7 Å². The molecule has 3 rings (SSSR count). The van der Waals surface area contributed by atoms with Crippen molar-refractivity contribution < 1.29 is 28.5 Å². The molecule has 0 unspecified atom stereocenters. The Morgan fingerprint density at radius 3 is 2.46 bits per heavy atom. The van der Waals surface area contributed by atoms with Crippen molar-refractivity contribution in [3.8, 4) is 0 Å². The maximum absolute atomic E-state index is 12.8. The van der Waals surface area contributed by atoms with Gasteiger partial charge in [0.2, 0.25) is 0 Å². The number of para-hydroxylation sites is 1. The number of aliphatic hydroxyl groups is 3. The van der Waals surface area contributed by atoms with E-state index < -0.39 is 41.2 Å². The molecule has 9 heteroatoms. The van der Waals surface area contributed by atoms with Gasteiger partial charge >= 0.3 is 10.2 Å². The molecule has 132 valence electrons. The quantitative estimate of drug-likeness (QED) is 0.678. The fourth-order valence-corrected chi connectivity index (χ4v) is 4.08. The van der Waals surface area contributed by atoms with E-state index in [4.69, 9.17) is 4.74 Å². The van der Waals surface area contributed by atoms with Gasteiger partial charge in [-0.15, -0.1) is 0 Å². The molecule has 0 saturated carbocycles. The molecule has 1 fully saturated rings. The van der Waals surface area contributed by atoms with Gasteiger partial charge in [0.15, 0.2) is 0 Å². The lowest BCUT2D eigenvalue weighted by Gasteiger charge is -2.21. The zero-order valence-corrected chi connectivity index (χ0v) is 14.1. The van der Waals surface area contributed by atoms with Gasteiger partial charge in [-0.25, -0.2) is 3.97 Å². The van der Waals surface area contributed by atoms with Gasteiger partial charge in [-0.3, -0.25) is 0 Å². The highest BCUT2D eigenvalue weighted by Gasteiger charge is 2.45. The Labute approximate surface area is 139 Å². The Kier molecular flexibility index (Phi) is 4.41. The van der Waals surface area contributed by atoms with Gasteiger partial charge in [-0.2, -0.15) is 12.7 Å². The normalized spacial score (nSPS) is 28.1. The van der Waals surface area contributed by atoms with E-state index in [9.17, 15) is 23.7 Å². The molecular formula is C15H20N2O6S. The minimum atomic E-state index is -3.88. The van der Waals surface area contributed by atoms with Crippen molar-refractivity contribution >= 4 is 21.1 Å². The van der Waals surface area contributed by atoms with Crippen molar-refractivity contribution in [3.05, 3.63) is 36.0 Å². The summed E-state index contributed by atoms with van der Waals surface area (Å²) in [6.45, 7) is -0.477. The zero-order chi connectivity index (χ0) is 17.6. The Bertz CT molecular complexity index is 847. The highest BCUT2D eigenvalue weighted by atomic mass is 32.2. The Hall–Kier alpha value is -1.49. The van der Waals surface area contributed by atoms with Gasteiger partial charge < -0.3 is 20.1 Å². The monoisotopic (exact) mass is 356 g/mol. The molecule has 0 aliphatic carbocycles. The molecule has 8 nitrogen and oxygen atoms in total. The number of hydrogen-bond donors (Lipinski definition) is 3. The van der Waals surface area contributed by atoms with Crippen molar-refractivity contribution in [3.63, 3.8) is 0 Å². The first-order valence-electron chi connectivity index (χ1n) is 7.45. The average Bonchev–Trinajstić information content (AvgIpc) is 3.06. The van der Waals surface area contributed by atoms with Crippen molar-refractivity contribution in [1.82, 2.24) is 8.28 Å². The lowest BCUT2D eigenvalue weighted by Crippen LogP contribution is -2.34. The summed E-state index contributed by atoms with van der Waals surface area (Å²) >= 11 is 0. The first kappa shape index (κ1) is 17.3. The standard InChI is InChI=1S/C15H20N2O6S/c1-16(2)24(21,22)17-10-6-4-3-5-9(10)7-11(17)15-14(20)13(19)12(8-18)23-15/h3-7,12-15,18-20H,8H2,1-2H3/t12-,13-,14-,15+/m1/s1. The summed E-state index contributed by atoms with van der Waals surface area (Å²) in [6.07, 6.45) is -4.69. The zero-order valence-electron chi connectivity index (χ0n) is 13.3. The number of benzene rings is 1. The van der Waals surface area contributed by atoms with Crippen LogP contribution in [0.2, 0.25) is 0 Å². The first-order valence-corrected chi connectivity index (χ1v) is 8.84. The third-order valence-electron chi connectivity index (χ3n) is 4.22. The van der Waals surface area contributed by atoms with E-state index in [0.717, 1.165) is 8.28 Å². The lowest BCUT2D eigenvalue weighted by atomic mass is 10.1. The minimum Gasteiger partial charge on any atom is -0.394 e. The summed E-state index contributed by atoms with van der Waals surface area (Å²) in [5.74, 6) is 0. The van der Waals surface area contributed by atoms with E-state index in [2.05, 4.69) is 0 Å². The summed E-state index contributed by atoms with van der Waals surface area (Å²) in [6, 6.07) is 8.50. The molecule has 2 heterocycles. The molecule has 1 aromatic carbocycles. The van der Waals surface area contributed by atoms with Gasteiger partial charge in [-0.1, -0.05) is 18.2 Å². The predicted molar refractivity (Wildman–Crippen MR) is 86.7 cm³/mol. The maximum Gasteiger partial charge on any atom is 0.307 e. The van der Waals surface area contributed by atoms with Crippen LogP contribution in [0.15, 0.2) is 30.3 Å². The van der Waals surface area contributed by atoms with E-state index in [0.29, 0.717) is 10.9 Å². The van der Waals surface area contributed by atoms with Crippen LogP contribution in [-0.4, -0.2) is 71.0 Å². The molecule has 2 aromatic rings. The van der Waals surface area contributed by atoms with E-state index in [1.54, 1.807) is 30.3 Å². The maximum atomic E-state index is 12.8. The smallest absolute Gasteiger partial charge is 0.307 e. The molecule has 24 heavy (non-hydrogen) atoms. The van der Waals surface area contributed by atoms with Crippen LogP contribution >= 0.6 is 0 Å². The van der Waals surface area contributed by atoms with Crippen LogP contribution < -0.4 is 0 Å². The molecular weight excluding hydrogens is 336 g/mol. The second kappa shape index (κ2) is 6.10. The van der Waals surface area contributed by atoms with Crippen LogP contribution in [0.4, 0.5) is 0 Å². The average molecular weight is 356 g/mol. The van der Waals surface area contributed by atoms with Crippen LogP contribution in [0.25, 0.3) is 10.9 Å². The Balaban J connectivity index is 2.22. The highest BCUT2D eigenvalue weighted by molar-refractivity contribution is 7.87. The van der Waals surface area contributed by atoms with E-state index in [-0.39, 0.29) is 5.69 Å². The summed E-state index contributed by atoms with van der Waals surface area (Å²) in [4.78, 5) is 0. The van der Waals surface area contributed by atoms with Gasteiger partial charge in [0, 0.05) is 19.5 Å². The number of aromatic nitrogens is 1. The third-order valence-corrected chi connectivity index (χ3v) is 6.01. The molecule has 1 aliphatic heterocycles. The molecule has 1 aromatic heterocycles. The van der Waals surface area contributed by atoms with Crippen LogP contribution in [0.5, 0.6) is 0 Å². The van der Waals surface area contributed by atoms with E-state index in [1.165, 1.54) is 14.1 Å². The fraction of sp³-hybridized carbons (Fsp3) is 0.467. The molecule has 0 radical (unpaired) electrons. The summed E-state index contributed by atoms with van der Waals surface area (Å²) in [5, 5.41) is 30.1. The Morgan fingerprint density at radius 1 is 1.21 bits per heavy atom. The van der Waals surface area contributed by atoms with Gasteiger partial charge in [-0.05, 0) is 12.1 Å². The van der Waals surface area contributed by atoms with E-state index >= 15 is 0 Å². The van der Waals surface area contributed by atoms with Gasteiger partial charge in [0.05, 0.1) is 17.8 Å². The van der Waals surface area contributed by atoms with Crippen LogP contribution in [0.1, 0.15) is 11.8 Å². The number of aliphatic hydroxyl groups excluding tert-OH is 3. The molecule has 4 atom stereocenters. The lowest BCUT2D eigenvalue weighted by molar-refractivity contribution is -0.0240. The summed E-state index contributed by atoms with van der Waals surface area (Å²) in [7, 11) is -1.06.